The number of nitrogens with one attached hydrogen (secondary N) is 2. The third kappa shape index (κ3) is 7.13. The Morgan fingerprint density at radius 3 is 2.38 bits per heavy atom. The van der Waals surface area contributed by atoms with Crippen LogP contribution in [0.2, 0.25) is 0 Å². The number of ether oxygens (including phenoxy) is 1. The van der Waals surface area contributed by atoms with Crippen LogP contribution in [0.5, 0.6) is 0 Å². The first-order valence-electron chi connectivity index (χ1n) is 9.45. The van der Waals surface area contributed by atoms with E-state index in [9.17, 15) is 22.8 Å². The number of benzene rings is 1. The molecular weight excluding hydrogens is 398 g/mol. The van der Waals surface area contributed by atoms with Gasteiger partial charge in [0.1, 0.15) is 0 Å². The van der Waals surface area contributed by atoms with Gasteiger partial charge in [-0.05, 0) is 50.5 Å². The van der Waals surface area contributed by atoms with Crippen LogP contribution in [-0.4, -0.2) is 63.4 Å². The Hall–Kier alpha value is -2.46. The molecular formula is C19H27N3O6S. The van der Waals surface area contributed by atoms with Crippen molar-refractivity contribution < 1.29 is 27.5 Å². The molecule has 9 nitrogen and oxygen atoms in total. The molecule has 1 aliphatic rings. The van der Waals surface area contributed by atoms with Crippen LogP contribution < -0.4 is 10.0 Å². The normalized spacial score (nSPS) is 14.7. The Morgan fingerprint density at radius 1 is 1.21 bits per heavy atom. The maximum Gasteiger partial charge on any atom is 0.338 e. The van der Waals surface area contributed by atoms with E-state index in [0.717, 1.165) is 12.8 Å². The molecule has 0 radical (unpaired) electrons. The number of hydrogen-bond acceptors (Lipinski definition) is 6. The van der Waals surface area contributed by atoms with E-state index in [-0.39, 0.29) is 35.0 Å². The zero-order valence-corrected chi connectivity index (χ0v) is 17.6. The van der Waals surface area contributed by atoms with Crippen LogP contribution in [0.3, 0.4) is 0 Å². The minimum atomic E-state index is -3.67. The van der Waals surface area contributed by atoms with Crippen molar-refractivity contribution in [1.29, 1.82) is 0 Å². The number of nitrogens with zero attached hydrogens (tertiary/aromatic N) is 1. The Kier molecular flexibility index (Phi) is 7.74. The van der Waals surface area contributed by atoms with E-state index in [2.05, 4.69) is 10.0 Å². The summed E-state index contributed by atoms with van der Waals surface area (Å²) in [6, 6.07) is 5.25. The van der Waals surface area contributed by atoms with Gasteiger partial charge in [0.05, 0.1) is 17.0 Å². The van der Waals surface area contributed by atoms with Crippen molar-refractivity contribution in [3.05, 3.63) is 29.8 Å². The highest BCUT2D eigenvalue weighted by Crippen LogP contribution is 2.18. The number of hydrogen-bond donors (Lipinski definition) is 2. The van der Waals surface area contributed by atoms with E-state index < -0.39 is 28.5 Å². The second-order valence-electron chi connectivity index (χ2n) is 7.12. The summed E-state index contributed by atoms with van der Waals surface area (Å²) in [4.78, 5) is 37.0. The van der Waals surface area contributed by atoms with Gasteiger partial charge in [-0.2, -0.15) is 0 Å². The van der Waals surface area contributed by atoms with Crippen LogP contribution in [0.1, 0.15) is 43.5 Å². The quantitative estimate of drug-likeness (QED) is 0.531. The predicted molar refractivity (Wildman–Crippen MR) is 106 cm³/mol. The monoisotopic (exact) mass is 425 g/mol. The van der Waals surface area contributed by atoms with Gasteiger partial charge in [-0.3, -0.25) is 9.59 Å². The van der Waals surface area contributed by atoms with Gasteiger partial charge in [0.15, 0.2) is 6.61 Å². The molecule has 1 aromatic carbocycles. The average Bonchev–Trinajstić information content (AvgIpc) is 3.49. The molecule has 10 heteroatoms. The van der Waals surface area contributed by atoms with Crippen LogP contribution in [0.15, 0.2) is 29.2 Å². The van der Waals surface area contributed by atoms with Crippen molar-refractivity contribution >= 4 is 27.8 Å². The first kappa shape index (κ1) is 22.8. The lowest BCUT2D eigenvalue weighted by Crippen LogP contribution is -2.40. The SMILES string of the molecule is CC[C@@H](C)NS(=O)(=O)c1ccc(C(=O)OCC(=O)N(C)CC(=O)NC2CC2)cc1. The number of sulfonamides is 1. The zero-order chi connectivity index (χ0) is 21.6. The third-order valence-corrected chi connectivity index (χ3v) is 6.05. The average molecular weight is 426 g/mol. The van der Waals surface area contributed by atoms with Gasteiger partial charge in [0.2, 0.25) is 15.9 Å². The molecule has 2 rings (SSSR count). The molecule has 2 amide bonds. The van der Waals surface area contributed by atoms with Crippen molar-refractivity contribution in [1.82, 2.24) is 14.9 Å². The molecule has 1 atom stereocenters. The van der Waals surface area contributed by atoms with Crippen molar-refractivity contribution in [2.24, 2.45) is 0 Å². The van der Waals surface area contributed by atoms with Crippen LogP contribution >= 0.6 is 0 Å². The summed E-state index contributed by atoms with van der Waals surface area (Å²) in [6.45, 7) is 3.00. The number of likely N-dealkylation sites (N-methyl/N-ethyl adjacent to an activating group) is 1. The fourth-order valence-electron chi connectivity index (χ4n) is 2.31. The summed E-state index contributed by atoms with van der Waals surface area (Å²) in [7, 11) is -2.22. The van der Waals surface area contributed by atoms with Gasteiger partial charge >= 0.3 is 5.97 Å². The van der Waals surface area contributed by atoms with E-state index in [1.165, 1.54) is 36.2 Å². The van der Waals surface area contributed by atoms with E-state index in [1.54, 1.807) is 6.92 Å². The van der Waals surface area contributed by atoms with Gasteiger partial charge in [0, 0.05) is 19.1 Å². The van der Waals surface area contributed by atoms with E-state index in [4.69, 9.17) is 4.74 Å². The molecule has 2 N–H and O–H groups in total. The summed E-state index contributed by atoms with van der Waals surface area (Å²) < 4.78 is 31.9. The van der Waals surface area contributed by atoms with Crippen LogP contribution in [0.25, 0.3) is 0 Å². The summed E-state index contributed by atoms with van der Waals surface area (Å²) in [6.07, 6.45) is 2.55. The van der Waals surface area contributed by atoms with Crippen molar-refractivity contribution in [2.75, 3.05) is 20.2 Å². The molecule has 1 aromatic rings. The number of rotatable bonds is 10. The molecule has 0 bridgehead atoms. The minimum absolute atomic E-state index is 0.0341. The van der Waals surface area contributed by atoms with E-state index in [0.29, 0.717) is 6.42 Å². The minimum Gasteiger partial charge on any atom is -0.452 e. The molecule has 29 heavy (non-hydrogen) atoms. The Bertz CT molecular complexity index is 849. The summed E-state index contributed by atoms with van der Waals surface area (Å²) in [5, 5.41) is 2.77. The number of esters is 1. The predicted octanol–water partition coefficient (Wildman–Crippen LogP) is 0.657. The number of carbonyl (C=O) groups excluding carboxylic acids is 3. The zero-order valence-electron chi connectivity index (χ0n) is 16.8. The Morgan fingerprint density at radius 2 is 1.83 bits per heavy atom. The molecule has 0 aromatic heterocycles. The number of carbonyl (C=O) groups is 3. The van der Waals surface area contributed by atoms with Gasteiger partial charge < -0.3 is 15.0 Å². The Labute approximate surface area is 170 Å². The Balaban J connectivity index is 1.85. The molecule has 0 aliphatic heterocycles. The van der Waals surface area contributed by atoms with E-state index >= 15 is 0 Å². The standard InChI is InChI=1S/C19H27N3O6S/c1-4-13(2)21-29(26,27)16-9-5-14(6-10-16)19(25)28-12-18(24)22(3)11-17(23)20-15-7-8-15/h5-6,9-10,13,15,21H,4,7-8,11-12H2,1-3H3,(H,20,23)/t13-/m1/s1. The molecule has 0 saturated heterocycles. The number of amides is 2. The van der Waals surface area contributed by atoms with Gasteiger partial charge in [-0.15, -0.1) is 0 Å². The molecule has 1 saturated carbocycles. The van der Waals surface area contributed by atoms with Gasteiger partial charge in [0.25, 0.3) is 5.91 Å². The lowest BCUT2D eigenvalue weighted by atomic mass is 10.2. The third-order valence-electron chi connectivity index (χ3n) is 4.44. The highest BCUT2D eigenvalue weighted by Gasteiger charge is 2.24. The summed E-state index contributed by atoms with van der Waals surface area (Å²) >= 11 is 0. The first-order chi connectivity index (χ1) is 13.6. The smallest absolute Gasteiger partial charge is 0.338 e. The van der Waals surface area contributed by atoms with Crippen molar-refractivity contribution in [3.63, 3.8) is 0 Å². The summed E-state index contributed by atoms with van der Waals surface area (Å²) in [5.74, 6) is -1.52. The van der Waals surface area contributed by atoms with Crippen molar-refractivity contribution in [3.8, 4) is 0 Å². The second kappa shape index (κ2) is 9.84. The van der Waals surface area contributed by atoms with Crippen LogP contribution in [0.4, 0.5) is 0 Å². The second-order valence-corrected chi connectivity index (χ2v) is 8.84. The first-order valence-corrected chi connectivity index (χ1v) is 10.9. The van der Waals surface area contributed by atoms with Crippen LogP contribution in [-0.2, 0) is 24.3 Å². The molecule has 160 valence electrons. The summed E-state index contributed by atoms with van der Waals surface area (Å²) in [5.41, 5.74) is 0.120. The van der Waals surface area contributed by atoms with Gasteiger partial charge in [-0.25, -0.2) is 17.9 Å². The maximum atomic E-state index is 12.2. The molecule has 0 heterocycles. The lowest BCUT2D eigenvalue weighted by molar-refractivity contribution is -0.137. The molecule has 1 aliphatic carbocycles. The van der Waals surface area contributed by atoms with Crippen molar-refractivity contribution in [2.45, 2.75) is 50.1 Å². The highest BCUT2D eigenvalue weighted by atomic mass is 32.2. The lowest BCUT2D eigenvalue weighted by Gasteiger charge is -2.16. The molecule has 1 fully saturated rings. The van der Waals surface area contributed by atoms with Crippen LogP contribution in [0, 0.1) is 0 Å². The highest BCUT2D eigenvalue weighted by molar-refractivity contribution is 7.89. The largest absolute Gasteiger partial charge is 0.452 e. The molecule has 0 unspecified atom stereocenters. The molecule has 0 spiro atoms. The maximum absolute atomic E-state index is 12.2. The topological polar surface area (TPSA) is 122 Å². The fourth-order valence-corrected chi connectivity index (χ4v) is 3.64. The van der Waals surface area contributed by atoms with E-state index in [1.807, 2.05) is 6.92 Å². The van der Waals surface area contributed by atoms with Gasteiger partial charge in [-0.1, -0.05) is 6.92 Å². The fraction of sp³-hybridized carbons (Fsp3) is 0.526.